The molecule has 0 radical (unpaired) electrons. The number of hydrogen-bond donors (Lipinski definition) is 0. The minimum absolute atomic E-state index is 0.721. The normalized spacial score (nSPS) is 9.79. The quantitative estimate of drug-likeness (QED) is 0.253. The van der Waals surface area contributed by atoms with E-state index in [1.807, 2.05) is 24.3 Å². The molecule has 1 rings (SSSR count). The van der Waals surface area contributed by atoms with Gasteiger partial charge in [-0.25, -0.2) is 0 Å². The summed E-state index contributed by atoms with van der Waals surface area (Å²) in [4.78, 5) is 0. The minimum Gasteiger partial charge on any atom is -0.446 e. The largest absolute Gasteiger partial charge is 0.446 e. The van der Waals surface area contributed by atoms with Crippen LogP contribution < -0.4 is 0 Å². The SMILES string of the molecule is CCCCCCCCOC#Cc1ccc(C#COCCCCCCCC)cc1. The molecule has 0 unspecified atom stereocenters. The Labute approximate surface area is 173 Å². The molecule has 0 atom stereocenters. The van der Waals surface area contributed by atoms with Crippen molar-refractivity contribution in [2.45, 2.75) is 90.9 Å². The summed E-state index contributed by atoms with van der Waals surface area (Å²) in [5, 5.41) is 0. The molecule has 0 bridgehead atoms. The lowest BCUT2D eigenvalue weighted by atomic mass is 10.1. The summed E-state index contributed by atoms with van der Waals surface area (Å²) in [6.07, 6.45) is 20.8. The van der Waals surface area contributed by atoms with Crippen LogP contribution in [0.4, 0.5) is 0 Å². The highest BCUT2D eigenvalue weighted by molar-refractivity contribution is 5.40. The maximum absolute atomic E-state index is 5.40. The molecule has 28 heavy (non-hydrogen) atoms. The van der Waals surface area contributed by atoms with Gasteiger partial charge in [0.05, 0.1) is 0 Å². The second kappa shape index (κ2) is 18.3. The van der Waals surface area contributed by atoms with Crippen molar-refractivity contribution >= 4 is 0 Å². The van der Waals surface area contributed by atoms with Gasteiger partial charge in [-0.2, -0.15) is 0 Å². The van der Waals surface area contributed by atoms with Crippen molar-refractivity contribution in [1.29, 1.82) is 0 Å². The van der Waals surface area contributed by atoms with Gasteiger partial charge in [-0.15, -0.1) is 0 Å². The van der Waals surface area contributed by atoms with Gasteiger partial charge in [0.1, 0.15) is 25.4 Å². The zero-order valence-corrected chi connectivity index (χ0v) is 18.0. The fourth-order valence-electron chi connectivity index (χ4n) is 2.84. The predicted octanol–water partition coefficient (Wildman–Crippen LogP) is 7.06. The first kappa shape index (κ1) is 24.0. The van der Waals surface area contributed by atoms with Crippen LogP contribution in [0.1, 0.15) is 102 Å². The molecule has 0 aliphatic heterocycles. The van der Waals surface area contributed by atoms with E-state index in [4.69, 9.17) is 9.47 Å². The predicted molar refractivity (Wildman–Crippen MR) is 119 cm³/mol. The Morgan fingerprint density at radius 3 is 1.29 bits per heavy atom. The van der Waals surface area contributed by atoms with Crippen LogP contribution in [0.5, 0.6) is 0 Å². The number of hydrogen-bond acceptors (Lipinski definition) is 2. The van der Waals surface area contributed by atoms with E-state index in [0.29, 0.717) is 0 Å². The molecule has 0 spiro atoms. The molecule has 0 fully saturated rings. The van der Waals surface area contributed by atoms with Gasteiger partial charge >= 0.3 is 0 Å². The van der Waals surface area contributed by atoms with Crippen molar-refractivity contribution in [3.63, 3.8) is 0 Å². The molecule has 0 aliphatic carbocycles. The average Bonchev–Trinajstić information content (AvgIpc) is 2.72. The van der Waals surface area contributed by atoms with Crippen LogP contribution in [0.25, 0.3) is 0 Å². The Kier molecular flexibility index (Phi) is 15.7. The maximum atomic E-state index is 5.40. The van der Waals surface area contributed by atoms with Gasteiger partial charge < -0.3 is 9.47 Å². The summed E-state index contributed by atoms with van der Waals surface area (Å²) in [6, 6.07) is 7.88. The number of ether oxygens (including phenoxy) is 2. The Bertz CT molecular complexity index is 540. The molecular weight excluding hydrogens is 344 g/mol. The monoisotopic (exact) mass is 382 g/mol. The van der Waals surface area contributed by atoms with E-state index in [2.05, 4.69) is 37.9 Å². The summed E-state index contributed by atoms with van der Waals surface area (Å²) in [5.41, 5.74) is 1.89. The highest BCUT2D eigenvalue weighted by atomic mass is 16.5. The molecule has 0 aromatic heterocycles. The lowest BCUT2D eigenvalue weighted by molar-refractivity contribution is 0.267. The molecule has 0 aliphatic rings. The van der Waals surface area contributed by atoms with E-state index < -0.39 is 0 Å². The highest BCUT2D eigenvalue weighted by Crippen LogP contribution is 2.06. The summed E-state index contributed by atoms with van der Waals surface area (Å²) in [6.45, 7) is 5.92. The lowest BCUT2D eigenvalue weighted by Gasteiger charge is -1.99. The average molecular weight is 383 g/mol. The van der Waals surface area contributed by atoms with Crippen molar-refractivity contribution in [1.82, 2.24) is 0 Å². The Morgan fingerprint density at radius 1 is 0.536 bits per heavy atom. The van der Waals surface area contributed by atoms with Crippen LogP contribution in [-0.4, -0.2) is 13.2 Å². The topological polar surface area (TPSA) is 18.5 Å². The lowest BCUT2D eigenvalue weighted by Crippen LogP contribution is -1.89. The first-order valence-corrected chi connectivity index (χ1v) is 11.2. The Morgan fingerprint density at radius 2 is 0.893 bits per heavy atom. The van der Waals surface area contributed by atoms with Crippen LogP contribution in [0.2, 0.25) is 0 Å². The van der Waals surface area contributed by atoms with E-state index in [1.54, 1.807) is 0 Å². The minimum atomic E-state index is 0.721. The molecule has 2 heteroatoms. The maximum Gasteiger partial charge on any atom is 0.115 e. The molecule has 2 nitrogen and oxygen atoms in total. The highest BCUT2D eigenvalue weighted by Gasteiger charge is 1.92. The van der Waals surface area contributed by atoms with Crippen LogP contribution in [0, 0.1) is 24.1 Å². The summed E-state index contributed by atoms with van der Waals surface area (Å²) in [5.74, 6) is 6.07. The van der Waals surface area contributed by atoms with Gasteiger partial charge in [0.15, 0.2) is 0 Å². The zero-order valence-electron chi connectivity index (χ0n) is 18.0. The van der Waals surface area contributed by atoms with Gasteiger partial charge in [0.25, 0.3) is 0 Å². The number of unbranched alkanes of at least 4 members (excludes halogenated alkanes) is 10. The standard InChI is InChI=1S/C26H38O2/c1-3-5-7-9-11-13-21-27-23-19-25-15-17-26(18-16-25)20-24-28-22-14-12-10-8-6-4-2/h15-18H,3-14,21-22H2,1-2H3. The fraction of sp³-hybridized carbons (Fsp3) is 0.615. The molecule has 0 saturated carbocycles. The fourth-order valence-corrected chi connectivity index (χ4v) is 2.84. The van der Waals surface area contributed by atoms with E-state index in [1.165, 1.54) is 64.2 Å². The van der Waals surface area contributed by atoms with E-state index in [-0.39, 0.29) is 0 Å². The third-order valence-corrected chi connectivity index (χ3v) is 4.62. The second-order valence-electron chi connectivity index (χ2n) is 7.26. The molecule has 0 saturated heterocycles. The van der Waals surface area contributed by atoms with Crippen LogP contribution in [0.3, 0.4) is 0 Å². The van der Waals surface area contributed by atoms with Gasteiger partial charge in [-0.3, -0.25) is 0 Å². The zero-order chi connectivity index (χ0) is 20.1. The smallest absolute Gasteiger partial charge is 0.115 e. The van der Waals surface area contributed by atoms with E-state index in [0.717, 1.165) is 37.2 Å². The van der Waals surface area contributed by atoms with Crippen molar-refractivity contribution in [2.24, 2.45) is 0 Å². The van der Waals surface area contributed by atoms with Crippen LogP contribution in [-0.2, 0) is 9.47 Å². The molecule has 154 valence electrons. The molecule has 1 aromatic rings. The second-order valence-corrected chi connectivity index (χ2v) is 7.26. The van der Waals surface area contributed by atoms with E-state index in [9.17, 15) is 0 Å². The van der Waals surface area contributed by atoms with Gasteiger partial charge in [-0.1, -0.05) is 78.1 Å². The van der Waals surface area contributed by atoms with Crippen LogP contribution >= 0.6 is 0 Å². The molecule has 0 amide bonds. The van der Waals surface area contributed by atoms with Crippen molar-refractivity contribution in [2.75, 3.05) is 13.2 Å². The third kappa shape index (κ3) is 14.1. The van der Waals surface area contributed by atoms with Crippen molar-refractivity contribution in [3.8, 4) is 24.1 Å². The molecular formula is C26H38O2. The first-order chi connectivity index (χ1) is 13.9. The van der Waals surface area contributed by atoms with E-state index >= 15 is 0 Å². The Hall–Kier alpha value is -2.06. The molecule has 1 aromatic carbocycles. The van der Waals surface area contributed by atoms with Crippen molar-refractivity contribution in [3.05, 3.63) is 35.4 Å². The number of benzene rings is 1. The third-order valence-electron chi connectivity index (χ3n) is 4.62. The molecule has 0 N–H and O–H groups in total. The summed E-state index contributed by atoms with van der Waals surface area (Å²) in [7, 11) is 0. The van der Waals surface area contributed by atoms with Crippen molar-refractivity contribution < 1.29 is 9.47 Å². The summed E-state index contributed by atoms with van der Waals surface area (Å²) >= 11 is 0. The summed E-state index contributed by atoms with van der Waals surface area (Å²) < 4.78 is 10.8. The van der Waals surface area contributed by atoms with Crippen LogP contribution in [0.15, 0.2) is 24.3 Å². The van der Waals surface area contributed by atoms with Gasteiger partial charge in [0.2, 0.25) is 0 Å². The molecule has 0 heterocycles. The van der Waals surface area contributed by atoms with Gasteiger partial charge in [-0.05, 0) is 48.9 Å². The first-order valence-electron chi connectivity index (χ1n) is 11.2. The van der Waals surface area contributed by atoms with Gasteiger partial charge in [0, 0.05) is 11.1 Å². The Balaban J connectivity index is 2.12. The number of rotatable bonds is 14.